The Labute approximate surface area is 82.9 Å². The Kier molecular flexibility index (Phi) is 2.42. The van der Waals surface area contributed by atoms with Gasteiger partial charge in [0.25, 0.3) is 0 Å². The van der Waals surface area contributed by atoms with Crippen molar-refractivity contribution in [2.45, 2.75) is 25.3 Å². The number of nitrogens with two attached hydrogens (primary N) is 1. The third-order valence-electron chi connectivity index (χ3n) is 2.52. The monoisotopic (exact) mass is 195 g/mol. The maximum Gasteiger partial charge on any atom is 0.165 e. The third kappa shape index (κ3) is 1.73. The number of benzene rings is 1. The van der Waals surface area contributed by atoms with Gasteiger partial charge < -0.3 is 10.5 Å². The van der Waals surface area contributed by atoms with Gasteiger partial charge in [0.05, 0.1) is 6.61 Å². The lowest BCUT2D eigenvalue weighted by atomic mass is 10.1. The molecule has 0 spiro atoms. The summed E-state index contributed by atoms with van der Waals surface area (Å²) in [4.78, 5) is 0. The molecule has 1 fully saturated rings. The molecule has 14 heavy (non-hydrogen) atoms. The number of rotatable bonds is 3. The SMILES string of the molecule is CCOc1ccc([C@@H]2C[C@H]2N)cc1F. The van der Waals surface area contributed by atoms with E-state index in [1.165, 1.54) is 6.07 Å². The van der Waals surface area contributed by atoms with Crippen LogP contribution in [0.15, 0.2) is 18.2 Å². The highest BCUT2D eigenvalue weighted by atomic mass is 19.1. The zero-order valence-corrected chi connectivity index (χ0v) is 8.16. The molecule has 2 nitrogen and oxygen atoms in total. The van der Waals surface area contributed by atoms with Crippen LogP contribution in [0.4, 0.5) is 4.39 Å². The van der Waals surface area contributed by atoms with Crippen LogP contribution in [-0.2, 0) is 0 Å². The van der Waals surface area contributed by atoms with Gasteiger partial charge in [-0.15, -0.1) is 0 Å². The molecule has 2 N–H and O–H groups in total. The van der Waals surface area contributed by atoms with E-state index in [1.807, 2.05) is 13.0 Å². The normalized spacial score (nSPS) is 24.8. The van der Waals surface area contributed by atoms with Crippen molar-refractivity contribution < 1.29 is 9.13 Å². The Morgan fingerprint density at radius 1 is 1.57 bits per heavy atom. The van der Waals surface area contributed by atoms with Crippen molar-refractivity contribution in [3.05, 3.63) is 29.6 Å². The fraction of sp³-hybridized carbons (Fsp3) is 0.455. The highest BCUT2D eigenvalue weighted by Crippen LogP contribution is 2.39. The van der Waals surface area contributed by atoms with Crippen LogP contribution in [0.1, 0.15) is 24.8 Å². The van der Waals surface area contributed by atoms with Gasteiger partial charge in [0.15, 0.2) is 11.6 Å². The van der Waals surface area contributed by atoms with E-state index in [4.69, 9.17) is 10.5 Å². The van der Waals surface area contributed by atoms with E-state index >= 15 is 0 Å². The number of ether oxygens (including phenoxy) is 1. The van der Waals surface area contributed by atoms with Crippen molar-refractivity contribution in [2.75, 3.05) is 6.61 Å². The fourth-order valence-corrected chi connectivity index (χ4v) is 1.62. The molecule has 1 aromatic rings. The second-order valence-electron chi connectivity index (χ2n) is 3.63. The van der Waals surface area contributed by atoms with Crippen molar-refractivity contribution in [1.29, 1.82) is 0 Å². The second kappa shape index (κ2) is 3.58. The van der Waals surface area contributed by atoms with E-state index in [0.717, 1.165) is 12.0 Å². The van der Waals surface area contributed by atoms with E-state index in [1.54, 1.807) is 6.07 Å². The quantitative estimate of drug-likeness (QED) is 0.801. The van der Waals surface area contributed by atoms with Gasteiger partial charge >= 0.3 is 0 Å². The van der Waals surface area contributed by atoms with Crippen LogP contribution in [0.5, 0.6) is 5.75 Å². The minimum Gasteiger partial charge on any atom is -0.491 e. The number of halogens is 1. The van der Waals surface area contributed by atoms with Crippen LogP contribution in [-0.4, -0.2) is 12.6 Å². The van der Waals surface area contributed by atoms with E-state index in [9.17, 15) is 4.39 Å². The van der Waals surface area contributed by atoms with E-state index in [0.29, 0.717) is 18.3 Å². The Bertz CT molecular complexity index is 340. The van der Waals surface area contributed by atoms with Crippen molar-refractivity contribution in [3.8, 4) is 5.75 Å². The molecule has 1 aliphatic rings. The predicted octanol–water partition coefficient (Wildman–Crippen LogP) is 2.04. The van der Waals surface area contributed by atoms with E-state index in [-0.39, 0.29) is 11.9 Å². The molecule has 0 aliphatic heterocycles. The largest absolute Gasteiger partial charge is 0.491 e. The van der Waals surface area contributed by atoms with Gasteiger partial charge in [0.1, 0.15) is 0 Å². The van der Waals surface area contributed by atoms with Crippen molar-refractivity contribution in [2.24, 2.45) is 5.73 Å². The summed E-state index contributed by atoms with van der Waals surface area (Å²) in [6.45, 7) is 2.32. The lowest BCUT2D eigenvalue weighted by Crippen LogP contribution is -2.01. The van der Waals surface area contributed by atoms with Crippen LogP contribution in [0.25, 0.3) is 0 Å². The van der Waals surface area contributed by atoms with Gasteiger partial charge in [-0.3, -0.25) is 0 Å². The molecule has 0 amide bonds. The summed E-state index contributed by atoms with van der Waals surface area (Å²) in [7, 11) is 0. The molecule has 3 heteroatoms. The first-order valence-electron chi connectivity index (χ1n) is 4.90. The summed E-state index contributed by atoms with van der Waals surface area (Å²) in [5.41, 5.74) is 6.68. The molecule has 0 radical (unpaired) electrons. The Morgan fingerprint density at radius 3 is 2.79 bits per heavy atom. The van der Waals surface area contributed by atoms with Crippen molar-refractivity contribution in [1.82, 2.24) is 0 Å². The van der Waals surface area contributed by atoms with Gasteiger partial charge in [0.2, 0.25) is 0 Å². The topological polar surface area (TPSA) is 35.2 Å². The zero-order valence-electron chi connectivity index (χ0n) is 8.16. The number of hydrogen-bond donors (Lipinski definition) is 1. The Hall–Kier alpha value is -1.09. The first kappa shape index (κ1) is 9.46. The highest BCUT2D eigenvalue weighted by Gasteiger charge is 2.35. The molecule has 0 bridgehead atoms. The van der Waals surface area contributed by atoms with Gasteiger partial charge in [-0.05, 0) is 31.0 Å². The summed E-state index contributed by atoms with van der Waals surface area (Å²) in [6, 6.07) is 5.32. The smallest absolute Gasteiger partial charge is 0.165 e. The molecular weight excluding hydrogens is 181 g/mol. The average molecular weight is 195 g/mol. The van der Waals surface area contributed by atoms with Crippen LogP contribution in [0.2, 0.25) is 0 Å². The standard InChI is InChI=1S/C11H14FNO/c1-2-14-11-4-3-7(5-9(11)12)8-6-10(8)13/h3-5,8,10H,2,6,13H2,1H3/t8-,10+/m0/s1. The molecule has 2 atom stereocenters. The van der Waals surface area contributed by atoms with Gasteiger partial charge in [-0.1, -0.05) is 6.07 Å². The van der Waals surface area contributed by atoms with Crippen LogP contribution < -0.4 is 10.5 Å². The Morgan fingerprint density at radius 2 is 2.29 bits per heavy atom. The van der Waals surface area contributed by atoms with Crippen LogP contribution in [0.3, 0.4) is 0 Å². The van der Waals surface area contributed by atoms with Gasteiger partial charge in [-0.2, -0.15) is 0 Å². The fourth-order valence-electron chi connectivity index (χ4n) is 1.62. The van der Waals surface area contributed by atoms with Crippen LogP contribution >= 0.6 is 0 Å². The zero-order chi connectivity index (χ0) is 10.1. The Balaban J connectivity index is 2.18. The maximum absolute atomic E-state index is 13.4. The molecular formula is C11H14FNO. The molecule has 0 aromatic heterocycles. The van der Waals surface area contributed by atoms with Crippen molar-refractivity contribution >= 4 is 0 Å². The second-order valence-corrected chi connectivity index (χ2v) is 3.63. The summed E-state index contributed by atoms with van der Waals surface area (Å²) < 4.78 is 18.5. The minimum atomic E-state index is -0.288. The van der Waals surface area contributed by atoms with E-state index in [2.05, 4.69) is 0 Å². The summed E-state index contributed by atoms with van der Waals surface area (Å²) in [5, 5.41) is 0. The summed E-state index contributed by atoms with van der Waals surface area (Å²) >= 11 is 0. The maximum atomic E-state index is 13.4. The summed E-state index contributed by atoms with van der Waals surface area (Å²) in [6.07, 6.45) is 0.966. The lowest BCUT2D eigenvalue weighted by Gasteiger charge is -2.06. The van der Waals surface area contributed by atoms with Gasteiger partial charge in [0, 0.05) is 12.0 Å². The molecule has 2 rings (SSSR count). The summed E-state index contributed by atoms with van der Waals surface area (Å²) in [5.74, 6) is 0.383. The highest BCUT2D eigenvalue weighted by molar-refractivity contribution is 5.34. The first-order valence-corrected chi connectivity index (χ1v) is 4.90. The molecule has 1 aromatic carbocycles. The average Bonchev–Trinajstić information content (AvgIpc) is 2.87. The molecule has 1 aliphatic carbocycles. The molecule has 1 saturated carbocycles. The predicted molar refractivity (Wildman–Crippen MR) is 52.9 cm³/mol. The molecule has 0 saturated heterocycles. The van der Waals surface area contributed by atoms with E-state index < -0.39 is 0 Å². The van der Waals surface area contributed by atoms with Crippen molar-refractivity contribution in [3.63, 3.8) is 0 Å². The molecule has 76 valence electrons. The van der Waals surface area contributed by atoms with Crippen LogP contribution in [0, 0.1) is 5.82 Å². The molecule has 0 unspecified atom stereocenters. The third-order valence-corrected chi connectivity index (χ3v) is 2.52. The minimum absolute atomic E-state index is 0.215. The lowest BCUT2D eigenvalue weighted by molar-refractivity contribution is 0.321. The first-order chi connectivity index (χ1) is 6.72. The molecule has 0 heterocycles. The van der Waals surface area contributed by atoms with Gasteiger partial charge in [-0.25, -0.2) is 4.39 Å². The number of hydrogen-bond acceptors (Lipinski definition) is 2.